The van der Waals surface area contributed by atoms with Crippen molar-refractivity contribution in [2.24, 2.45) is 5.92 Å². The zero-order valence-corrected chi connectivity index (χ0v) is 11.1. The number of hydrogen-bond acceptors (Lipinski definition) is 3. The summed E-state index contributed by atoms with van der Waals surface area (Å²) in [4.78, 5) is 0. The Morgan fingerprint density at radius 2 is 2.00 bits per heavy atom. The highest BCUT2D eigenvalue weighted by Gasteiger charge is 2.21. The Kier molecular flexibility index (Phi) is 3.86. The van der Waals surface area contributed by atoms with Gasteiger partial charge in [-0.3, -0.25) is 0 Å². The Morgan fingerprint density at radius 3 is 2.74 bits per heavy atom. The number of aromatic hydroxyl groups is 2. The summed E-state index contributed by atoms with van der Waals surface area (Å²) < 4.78 is 5.72. The molecule has 4 heteroatoms. The van der Waals surface area contributed by atoms with Crippen molar-refractivity contribution in [1.29, 1.82) is 0 Å². The number of phenols is 2. The van der Waals surface area contributed by atoms with Gasteiger partial charge in [0.05, 0.1) is 0 Å². The molecule has 0 saturated heterocycles. The minimum atomic E-state index is -0.0923. The van der Waals surface area contributed by atoms with E-state index in [1.165, 1.54) is 6.07 Å². The van der Waals surface area contributed by atoms with E-state index in [4.69, 9.17) is 4.74 Å². The number of halogens is 1. The van der Waals surface area contributed by atoms with Gasteiger partial charge in [0.25, 0.3) is 0 Å². The molecule has 0 bridgehead atoms. The van der Waals surface area contributed by atoms with E-state index in [9.17, 15) is 10.2 Å². The molecular weight excluding hydrogens is 264 g/mol. The number of allylic oxidation sites excluding steroid dienone is 4. The van der Waals surface area contributed by atoms with E-state index in [2.05, 4.69) is 12.2 Å². The zero-order valence-electron chi connectivity index (χ0n) is 10.2. The largest absolute Gasteiger partial charge is 0.504 e. The quantitative estimate of drug-likeness (QED) is 0.773. The monoisotopic (exact) mass is 278 g/mol. The second kappa shape index (κ2) is 5.41. The van der Waals surface area contributed by atoms with Gasteiger partial charge in [-0.25, -0.2) is 0 Å². The first kappa shape index (κ1) is 13.6. The second-order valence-corrected chi connectivity index (χ2v) is 4.50. The Bertz CT molecular complexity index is 573. The minimum Gasteiger partial charge on any atom is -0.504 e. The summed E-state index contributed by atoms with van der Waals surface area (Å²) in [5.41, 5.74) is 1.56. The third-order valence-corrected chi connectivity index (χ3v) is 3.31. The van der Waals surface area contributed by atoms with Crippen LogP contribution in [0.1, 0.15) is 17.5 Å². The summed E-state index contributed by atoms with van der Waals surface area (Å²) >= 11 is 0. The van der Waals surface area contributed by atoms with Gasteiger partial charge in [0.15, 0.2) is 11.5 Å². The summed E-state index contributed by atoms with van der Waals surface area (Å²) in [6.45, 7) is 0.434. The molecule has 2 aliphatic rings. The molecular formula is C15H15ClO3. The topological polar surface area (TPSA) is 49.7 Å². The van der Waals surface area contributed by atoms with Gasteiger partial charge in [-0.2, -0.15) is 0 Å². The van der Waals surface area contributed by atoms with Gasteiger partial charge in [-0.05, 0) is 18.6 Å². The maximum absolute atomic E-state index is 9.88. The predicted octanol–water partition coefficient (Wildman–Crippen LogP) is 3.52. The van der Waals surface area contributed by atoms with Crippen LogP contribution in [0.3, 0.4) is 0 Å². The first-order chi connectivity index (χ1) is 8.75. The van der Waals surface area contributed by atoms with Crippen LogP contribution in [0.2, 0.25) is 0 Å². The fourth-order valence-corrected chi connectivity index (χ4v) is 2.28. The number of benzene rings is 1. The second-order valence-electron chi connectivity index (χ2n) is 4.50. The lowest BCUT2D eigenvalue weighted by Crippen LogP contribution is -2.10. The fraction of sp³-hybridized carbons (Fsp3) is 0.200. The zero-order chi connectivity index (χ0) is 12.5. The SMILES string of the molecule is Cl.Oc1ccc2c(c1O)C=C(C1C=CC=CC1)OC2. The van der Waals surface area contributed by atoms with E-state index in [1.54, 1.807) is 6.07 Å². The molecule has 0 saturated carbocycles. The number of rotatable bonds is 1. The van der Waals surface area contributed by atoms with Crippen LogP contribution in [0.25, 0.3) is 6.08 Å². The number of fused-ring (bicyclic) bond motifs is 1. The lowest BCUT2D eigenvalue weighted by Gasteiger charge is -2.24. The molecule has 19 heavy (non-hydrogen) atoms. The highest BCUT2D eigenvalue weighted by molar-refractivity contribution is 5.85. The molecule has 1 aromatic carbocycles. The van der Waals surface area contributed by atoms with Gasteiger partial charge in [0.1, 0.15) is 12.4 Å². The van der Waals surface area contributed by atoms with E-state index in [-0.39, 0.29) is 29.8 Å². The molecule has 2 N–H and O–H groups in total. The average molecular weight is 279 g/mol. The standard InChI is InChI=1S/C15H14O3.ClH/c16-13-7-6-11-9-18-14(8-12(11)15(13)17)10-4-2-1-3-5-10;/h1-4,6-8,10,16-17H,5,9H2;1H. The minimum absolute atomic E-state index is 0. The lowest BCUT2D eigenvalue weighted by molar-refractivity contribution is 0.172. The van der Waals surface area contributed by atoms with Crippen molar-refractivity contribution in [3.8, 4) is 11.5 Å². The van der Waals surface area contributed by atoms with Crippen molar-refractivity contribution in [3.05, 3.63) is 53.3 Å². The Hall–Kier alpha value is -1.87. The van der Waals surface area contributed by atoms with E-state index < -0.39 is 0 Å². The third kappa shape index (κ3) is 2.47. The smallest absolute Gasteiger partial charge is 0.165 e. The predicted molar refractivity (Wildman–Crippen MR) is 76.2 cm³/mol. The fourth-order valence-electron chi connectivity index (χ4n) is 2.28. The number of ether oxygens (including phenoxy) is 1. The van der Waals surface area contributed by atoms with Crippen LogP contribution in [-0.4, -0.2) is 10.2 Å². The van der Waals surface area contributed by atoms with E-state index >= 15 is 0 Å². The molecule has 0 fully saturated rings. The van der Waals surface area contributed by atoms with Gasteiger partial charge in [0, 0.05) is 17.0 Å². The molecule has 1 aromatic rings. The maximum Gasteiger partial charge on any atom is 0.165 e. The molecule has 1 atom stereocenters. The highest BCUT2D eigenvalue weighted by Crippen LogP contribution is 2.38. The number of phenolic OH excluding ortho intramolecular Hbond substituents is 2. The highest BCUT2D eigenvalue weighted by atomic mass is 35.5. The Labute approximate surface area is 117 Å². The first-order valence-electron chi connectivity index (χ1n) is 5.97. The molecule has 0 spiro atoms. The Morgan fingerprint density at radius 1 is 1.16 bits per heavy atom. The molecule has 1 aliphatic carbocycles. The molecule has 1 unspecified atom stereocenters. The first-order valence-corrected chi connectivity index (χ1v) is 5.97. The molecule has 100 valence electrons. The molecule has 0 amide bonds. The van der Waals surface area contributed by atoms with Crippen molar-refractivity contribution in [2.45, 2.75) is 13.0 Å². The van der Waals surface area contributed by atoms with Crippen LogP contribution in [0.5, 0.6) is 11.5 Å². The van der Waals surface area contributed by atoms with Crippen LogP contribution < -0.4 is 0 Å². The molecule has 3 rings (SSSR count). The van der Waals surface area contributed by atoms with Gasteiger partial charge < -0.3 is 14.9 Å². The van der Waals surface area contributed by atoms with Crippen molar-refractivity contribution < 1.29 is 14.9 Å². The van der Waals surface area contributed by atoms with Gasteiger partial charge in [-0.1, -0.05) is 30.4 Å². The molecule has 3 nitrogen and oxygen atoms in total. The third-order valence-electron chi connectivity index (χ3n) is 3.31. The van der Waals surface area contributed by atoms with Gasteiger partial charge in [-0.15, -0.1) is 12.4 Å². The van der Waals surface area contributed by atoms with Crippen molar-refractivity contribution in [1.82, 2.24) is 0 Å². The van der Waals surface area contributed by atoms with Crippen LogP contribution in [0, 0.1) is 5.92 Å². The summed E-state index contributed by atoms with van der Waals surface area (Å²) in [5.74, 6) is 0.892. The summed E-state index contributed by atoms with van der Waals surface area (Å²) in [7, 11) is 0. The van der Waals surface area contributed by atoms with Gasteiger partial charge in [0.2, 0.25) is 0 Å². The van der Waals surface area contributed by atoms with Crippen molar-refractivity contribution in [2.75, 3.05) is 0 Å². The summed E-state index contributed by atoms with van der Waals surface area (Å²) in [5, 5.41) is 19.4. The summed E-state index contributed by atoms with van der Waals surface area (Å²) in [6, 6.07) is 3.26. The normalized spacial score (nSPS) is 20.0. The maximum atomic E-state index is 9.88. The van der Waals surface area contributed by atoms with Crippen LogP contribution in [0.4, 0.5) is 0 Å². The molecule has 0 aromatic heterocycles. The van der Waals surface area contributed by atoms with E-state index in [0.717, 1.165) is 17.7 Å². The van der Waals surface area contributed by atoms with Crippen LogP contribution >= 0.6 is 12.4 Å². The van der Waals surface area contributed by atoms with Crippen LogP contribution in [0.15, 0.2) is 42.2 Å². The van der Waals surface area contributed by atoms with Crippen LogP contribution in [-0.2, 0) is 11.3 Å². The van der Waals surface area contributed by atoms with Crippen molar-refractivity contribution in [3.63, 3.8) is 0 Å². The number of hydrogen-bond donors (Lipinski definition) is 2. The van der Waals surface area contributed by atoms with Gasteiger partial charge >= 0.3 is 0 Å². The lowest BCUT2D eigenvalue weighted by atomic mass is 9.94. The van der Waals surface area contributed by atoms with E-state index in [1.807, 2.05) is 18.2 Å². The Balaban J connectivity index is 0.00000133. The molecule has 1 aliphatic heterocycles. The summed E-state index contributed by atoms with van der Waals surface area (Å²) in [6.07, 6.45) is 10.9. The molecule has 1 heterocycles. The van der Waals surface area contributed by atoms with Crippen molar-refractivity contribution >= 4 is 18.5 Å². The van der Waals surface area contributed by atoms with E-state index in [0.29, 0.717) is 12.2 Å². The molecule has 0 radical (unpaired) electrons. The average Bonchev–Trinajstić information content (AvgIpc) is 2.44.